The number of ether oxygens (including phenoxy) is 1. The molecule has 0 bridgehead atoms. The number of hydrogen-bond donors (Lipinski definition) is 2. The topological polar surface area (TPSA) is 62.7 Å². The average Bonchev–Trinajstić information content (AvgIpc) is 2.80. The number of carbonyl (C=O) groups excluding carboxylic acids is 1. The zero-order chi connectivity index (χ0) is 13.7. The van der Waals surface area contributed by atoms with Crippen molar-refractivity contribution in [2.45, 2.75) is 19.4 Å². The molecule has 1 aliphatic rings. The second kappa shape index (κ2) is 6.33. The molecule has 0 aromatic heterocycles. The van der Waals surface area contributed by atoms with Crippen molar-refractivity contribution in [1.82, 2.24) is 10.6 Å². The van der Waals surface area contributed by atoms with Crippen LogP contribution in [-0.4, -0.2) is 32.1 Å². The van der Waals surface area contributed by atoms with E-state index in [4.69, 9.17) is 4.74 Å². The number of aryl methyl sites for hydroxylation is 1. The highest BCUT2D eigenvalue weighted by molar-refractivity contribution is 6.06. The van der Waals surface area contributed by atoms with E-state index >= 15 is 0 Å². The average molecular weight is 261 g/mol. The summed E-state index contributed by atoms with van der Waals surface area (Å²) in [5.74, 6) is 0.468. The first-order valence-electron chi connectivity index (χ1n) is 6.44. The van der Waals surface area contributed by atoms with Crippen LogP contribution in [0, 0.1) is 0 Å². The zero-order valence-electron chi connectivity index (χ0n) is 11.3. The molecule has 1 heterocycles. The molecule has 5 heteroatoms. The minimum atomic E-state index is -0.350. The summed E-state index contributed by atoms with van der Waals surface area (Å²) in [4.78, 5) is 16.2. The van der Waals surface area contributed by atoms with Crippen molar-refractivity contribution in [3.8, 4) is 0 Å². The Morgan fingerprint density at radius 3 is 2.89 bits per heavy atom. The molecular formula is C14H19N3O2. The second-order valence-corrected chi connectivity index (χ2v) is 4.34. The van der Waals surface area contributed by atoms with Gasteiger partial charge >= 0.3 is 0 Å². The van der Waals surface area contributed by atoms with Crippen LogP contribution in [0.4, 0.5) is 0 Å². The number of methoxy groups -OCH3 is 1. The number of benzene rings is 1. The van der Waals surface area contributed by atoms with E-state index in [0.717, 1.165) is 12.0 Å². The fourth-order valence-corrected chi connectivity index (χ4v) is 2.12. The molecule has 2 N–H and O–H groups in total. The van der Waals surface area contributed by atoms with Gasteiger partial charge in [0, 0.05) is 7.11 Å². The first-order chi connectivity index (χ1) is 9.26. The molecule has 1 amide bonds. The highest BCUT2D eigenvalue weighted by atomic mass is 16.5. The number of rotatable bonds is 5. The largest absolute Gasteiger partial charge is 0.383 e. The van der Waals surface area contributed by atoms with Crippen LogP contribution in [0.25, 0.3) is 0 Å². The van der Waals surface area contributed by atoms with E-state index in [2.05, 4.69) is 22.5 Å². The van der Waals surface area contributed by atoms with Gasteiger partial charge in [-0.25, -0.2) is 0 Å². The number of nitrogens with zero attached hydrogens (tertiary/aromatic N) is 1. The van der Waals surface area contributed by atoms with Crippen LogP contribution in [0.1, 0.15) is 24.1 Å². The molecule has 0 aliphatic carbocycles. The normalized spacial score (nSPS) is 20.4. The number of hydrogen-bond acceptors (Lipinski definition) is 3. The van der Waals surface area contributed by atoms with Crippen LogP contribution in [-0.2, 0) is 16.0 Å². The monoisotopic (exact) mass is 261 g/mol. The van der Waals surface area contributed by atoms with Crippen molar-refractivity contribution in [3.63, 3.8) is 0 Å². The van der Waals surface area contributed by atoms with Gasteiger partial charge in [0.1, 0.15) is 6.04 Å². The van der Waals surface area contributed by atoms with Gasteiger partial charge in [0.2, 0.25) is 0 Å². The van der Waals surface area contributed by atoms with Gasteiger partial charge in [-0.3, -0.25) is 15.1 Å². The molecule has 2 rings (SSSR count). The van der Waals surface area contributed by atoms with Crippen LogP contribution in [0.15, 0.2) is 29.3 Å². The van der Waals surface area contributed by atoms with Crippen LogP contribution in [0.5, 0.6) is 0 Å². The van der Waals surface area contributed by atoms with Crippen molar-refractivity contribution in [3.05, 3.63) is 35.4 Å². The van der Waals surface area contributed by atoms with Gasteiger partial charge in [0.05, 0.1) is 13.2 Å². The van der Waals surface area contributed by atoms with Crippen molar-refractivity contribution >= 4 is 11.9 Å². The number of carbonyl (C=O) groups is 1. The summed E-state index contributed by atoms with van der Waals surface area (Å²) in [6, 6.07) is 7.61. The number of amides is 1. The van der Waals surface area contributed by atoms with Gasteiger partial charge in [-0.1, -0.05) is 31.2 Å². The molecule has 102 valence electrons. The third-order valence-electron chi connectivity index (χ3n) is 3.10. The van der Waals surface area contributed by atoms with E-state index in [9.17, 15) is 4.79 Å². The molecule has 0 saturated carbocycles. The van der Waals surface area contributed by atoms with Gasteiger partial charge in [0.15, 0.2) is 5.96 Å². The standard InChI is InChI=1S/C14H19N3O2/c1-3-10-6-4-5-7-11(10)12-13(18)17-14(16-12)15-8-9-19-2/h4-7,12H,3,8-9H2,1-2H3,(H2,15,16,17,18). The number of nitrogens with one attached hydrogen (secondary N) is 2. The van der Waals surface area contributed by atoms with Gasteiger partial charge in [-0.15, -0.1) is 0 Å². The molecule has 1 unspecified atom stereocenters. The molecule has 1 aromatic carbocycles. The lowest BCUT2D eigenvalue weighted by Crippen LogP contribution is -2.26. The van der Waals surface area contributed by atoms with E-state index in [1.807, 2.05) is 24.3 Å². The molecule has 1 aromatic rings. The Bertz CT molecular complexity index is 485. The quantitative estimate of drug-likeness (QED) is 0.778. The Balaban J connectivity index is 2.13. The Kier molecular flexibility index (Phi) is 4.52. The summed E-state index contributed by atoms with van der Waals surface area (Å²) in [6.45, 7) is 3.15. The van der Waals surface area contributed by atoms with Crippen molar-refractivity contribution in [2.75, 3.05) is 20.3 Å². The summed E-state index contributed by atoms with van der Waals surface area (Å²) in [6.07, 6.45) is 0.901. The Hall–Kier alpha value is -1.88. The van der Waals surface area contributed by atoms with Gasteiger partial charge in [0.25, 0.3) is 5.91 Å². The Morgan fingerprint density at radius 1 is 1.37 bits per heavy atom. The minimum absolute atomic E-state index is 0.0583. The van der Waals surface area contributed by atoms with E-state index in [1.165, 1.54) is 5.56 Å². The van der Waals surface area contributed by atoms with Crippen LogP contribution >= 0.6 is 0 Å². The van der Waals surface area contributed by atoms with E-state index in [-0.39, 0.29) is 11.9 Å². The summed E-state index contributed by atoms with van der Waals surface area (Å²) < 4.78 is 4.93. The Morgan fingerprint density at radius 2 is 2.16 bits per heavy atom. The fraction of sp³-hybridized carbons (Fsp3) is 0.429. The Labute approximate surface area is 113 Å². The molecular weight excluding hydrogens is 242 g/mol. The smallest absolute Gasteiger partial charge is 0.253 e. The number of guanidine groups is 1. The lowest BCUT2D eigenvalue weighted by atomic mass is 9.99. The summed E-state index contributed by atoms with van der Waals surface area (Å²) in [7, 11) is 1.63. The maximum Gasteiger partial charge on any atom is 0.253 e. The molecule has 19 heavy (non-hydrogen) atoms. The molecule has 5 nitrogen and oxygen atoms in total. The van der Waals surface area contributed by atoms with Crippen molar-refractivity contribution in [1.29, 1.82) is 0 Å². The summed E-state index contributed by atoms with van der Waals surface area (Å²) in [5.41, 5.74) is 2.19. The molecule has 0 spiro atoms. The number of aliphatic imine (C=N–C) groups is 1. The van der Waals surface area contributed by atoms with E-state index in [0.29, 0.717) is 19.1 Å². The van der Waals surface area contributed by atoms with Crippen molar-refractivity contribution in [2.24, 2.45) is 4.99 Å². The maximum atomic E-state index is 12.0. The first-order valence-corrected chi connectivity index (χ1v) is 6.44. The van der Waals surface area contributed by atoms with E-state index in [1.54, 1.807) is 7.11 Å². The van der Waals surface area contributed by atoms with Gasteiger partial charge in [-0.2, -0.15) is 0 Å². The fourth-order valence-electron chi connectivity index (χ4n) is 2.12. The van der Waals surface area contributed by atoms with Gasteiger partial charge < -0.3 is 10.1 Å². The highest BCUT2D eigenvalue weighted by Gasteiger charge is 2.30. The van der Waals surface area contributed by atoms with Crippen LogP contribution < -0.4 is 10.6 Å². The molecule has 1 fully saturated rings. The van der Waals surface area contributed by atoms with Crippen molar-refractivity contribution < 1.29 is 9.53 Å². The van der Waals surface area contributed by atoms with Crippen LogP contribution in [0.3, 0.4) is 0 Å². The predicted molar refractivity (Wildman–Crippen MR) is 74.0 cm³/mol. The van der Waals surface area contributed by atoms with Crippen LogP contribution in [0.2, 0.25) is 0 Å². The summed E-state index contributed by atoms with van der Waals surface area (Å²) >= 11 is 0. The third-order valence-corrected chi connectivity index (χ3v) is 3.10. The second-order valence-electron chi connectivity index (χ2n) is 4.34. The third kappa shape index (κ3) is 3.12. The first kappa shape index (κ1) is 13.5. The lowest BCUT2D eigenvalue weighted by molar-refractivity contribution is -0.120. The molecule has 1 saturated heterocycles. The summed E-state index contributed by atoms with van der Waals surface area (Å²) in [5, 5.41) is 5.88. The lowest BCUT2D eigenvalue weighted by Gasteiger charge is -2.12. The molecule has 1 aliphatic heterocycles. The molecule has 1 atom stereocenters. The highest BCUT2D eigenvalue weighted by Crippen LogP contribution is 2.21. The predicted octanol–water partition coefficient (Wildman–Crippen LogP) is 1.01. The van der Waals surface area contributed by atoms with Gasteiger partial charge in [-0.05, 0) is 17.5 Å². The SMILES string of the molecule is CCc1ccccc1C1NC(=NCCOC)NC1=O. The van der Waals surface area contributed by atoms with E-state index < -0.39 is 0 Å². The zero-order valence-corrected chi connectivity index (χ0v) is 11.3. The maximum absolute atomic E-state index is 12.0. The minimum Gasteiger partial charge on any atom is -0.383 e. The molecule has 0 radical (unpaired) electrons.